The van der Waals surface area contributed by atoms with Crippen molar-refractivity contribution >= 4 is 16.6 Å². The molecule has 1 aromatic carbocycles. The third kappa shape index (κ3) is 1.71. The second kappa shape index (κ2) is 4.24. The smallest absolute Gasteiger partial charge is 0.145 e. The summed E-state index contributed by atoms with van der Waals surface area (Å²) in [5.41, 5.74) is 2.24. The zero-order valence-corrected chi connectivity index (χ0v) is 10.0. The molecule has 1 aliphatic rings. The molecule has 17 heavy (non-hydrogen) atoms. The lowest BCUT2D eigenvalue weighted by molar-refractivity contribution is 0.419. The average molecular weight is 228 g/mol. The van der Waals surface area contributed by atoms with E-state index in [1.54, 1.807) is 7.11 Å². The molecular formula is C14H16N2O. The Labute approximate surface area is 101 Å². The minimum Gasteiger partial charge on any atom is -0.494 e. The van der Waals surface area contributed by atoms with Gasteiger partial charge in [-0.1, -0.05) is 12.1 Å². The van der Waals surface area contributed by atoms with Crippen LogP contribution >= 0.6 is 0 Å². The summed E-state index contributed by atoms with van der Waals surface area (Å²) in [6.45, 7) is 2.30. The van der Waals surface area contributed by atoms with Crippen LogP contribution in [0.1, 0.15) is 12.8 Å². The average Bonchev–Trinajstić information content (AvgIpc) is 2.91. The zero-order chi connectivity index (χ0) is 11.7. The SMILES string of the molecule is COc1cccc2c(N3CCCC3)ccnc12. The van der Waals surface area contributed by atoms with E-state index in [0.717, 1.165) is 24.4 Å². The summed E-state index contributed by atoms with van der Waals surface area (Å²) in [7, 11) is 1.69. The van der Waals surface area contributed by atoms with Crippen LogP contribution in [0.3, 0.4) is 0 Å². The Kier molecular flexibility index (Phi) is 2.59. The quantitative estimate of drug-likeness (QED) is 0.790. The zero-order valence-electron chi connectivity index (χ0n) is 10.0. The Morgan fingerprint density at radius 2 is 2.00 bits per heavy atom. The van der Waals surface area contributed by atoms with Gasteiger partial charge in [0, 0.05) is 30.4 Å². The first kappa shape index (κ1) is 10.4. The molecule has 2 aromatic rings. The van der Waals surface area contributed by atoms with E-state index in [9.17, 15) is 0 Å². The van der Waals surface area contributed by atoms with Crippen molar-refractivity contribution in [2.45, 2.75) is 12.8 Å². The van der Waals surface area contributed by atoms with Crippen molar-refractivity contribution in [3.05, 3.63) is 30.5 Å². The molecule has 3 nitrogen and oxygen atoms in total. The number of benzene rings is 1. The Hall–Kier alpha value is -1.77. The van der Waals surface area contributed by atoms with Crippen LogP contribution in [0, 0.1) is 0 Å². The normalized spacial score (nSPS) is 15.5. The third-order valence-electron chi connectivity index (χ3n) is 3.38. The molecule has 1 fully saturated rings. The van der Waals surface area contributed by atoms with E-state index in [4.69, 9.17) is 4.74 Å². The van der Waals surface area contributed by atoms with Crippen molar-refractivity contribution in [3.8, 4) is 5.75 Å². The Morgan fingerprint density at radius 1 is 1.18 bits per heavy atom. The molecule has 0 N–H and O–H groups in total. The molecule has 88 valence electrons. The lowest BCUT2D eigenvalue weighted by Gasteiger charge is -2.19. The maximum atomic E-state index is 5.36. The largest absolute Gasteiger partial charge is 0.494 e. The van der Waals surface area contributed by atoms with Gasteiger partial charge in [-0.15, -0.1) is 0 Å². The Balaban J connectivity index is 2.18. The van der Waals surface area contributed by atoms with E-state index < -0.39 is 0 Å². The highest BCUT2D eigenvalue weighted by atomic mass is 16.5. The number of hydrogen-bond acceptors (Lipinski definition) is 3. The van der Waals surface area contributed by atoms with E-state index in [1.807, 2.05) is 18.3 Å². The van der Waals surface area contributed by atoms with Crippen LogP contribution in [0.2, 0.25) is 0 Å². The fraction of sp³-hybridized carbons (Fsp3) is 0.357. The molecule has 0 radical (unpaired) electrons. The molecule has 0 spiro atoms. The number of anilines is 1. The standard InChI is InChI=1S/C14H16N2O/c1-17-13-6-4-5-11-12(7-8-15-14(11)13)16-9-2-3-10-16/h4-8H,2-3,9-10H2,1H3. The van der Waals surface area contributed by atoms with Crippen molar-refractivity contribution in [1.29, 1.82) is 0 Å². The van der Waals surface area contributed by atoms with Crippen LogP contribution in [0.15, 0.2) is 30.5 Å². The summed E-state index contributed by atoms with van der Waals surface area (Å²) in [6, 6.07) is 8.22. The predicted octanol–water partition coefficient (Wildman–Crippen LogP) is 2.84. The molecule has 1 aliphatic heterocycles. The number of aromatic nitrogens is 1. The van der Waals surface area contributed by atoms with Crippen LogP contribution in [-0.4, -0.2) is 25.2 Å². The van der Waals surface area contributed by atoms with Crippen molar-refractivity contribution < 1.29 is 4.74 Å². The summed E-state index contributed by atoms with van der Waals surface area (Å²) in [5.74, 6) is 0.851. The number of nitrogens with zero attached hydrogens (tertiary/aromatic N) is 2. The van der Waals surface area contributed by atoms with E-state index in [1.165, 1.54) is 23.9 Å². The number of methoxy groups -OCH3 is 1. The molecule has 0 amide bonds. The number of pyridine rings is 1. The molecule has 0 atom stereocenters. The number of hydrogen-bond donors (Lipinski definition) is 0. The Bertz CT molecular complexity index is 533. The summed E-state index contributed by atoms with van der Waals surface area (Å²) in [4.78, 5) is 6.87. The van der Waals surface area contributed by atoms with Gasteiger partial charge in [-0.25, -0.2) is 0 Å². The first-order valence-corrected chi connectivity index (χ1v) is 6.07. The van der Waals surface area contributed by atoms with Crippen molar-refractivity contribution in [1.82, 2.24) is 4.98 Å². The number of para-hydroxylation sites is 1. The summed E-state index contributed by atoms with van der Waals surface area (Å²) in [5, 5.41) is 1.19. The second-order valence-electron chi connectivity index (χ2n) is 4.38. The fourth-order valence-electron chi connectivity index (χ4n) is 2.53. The summed E-state index contributed by atoms with van der Waals surface area (Å²) >= 11 is 0. The van der Waals surface area contributed by atoms with Crippen molar-refractivity contribution in [3.63, 3.8) is 0 Å². The van der Waals surface area contributed by atoms with Gasteiger partial charge in [0.15, 0.2) is 0 Å². The van der Waals surface area contributed by atoms with E-state index in [2.05, 4.69) is 22.0 Å². The molecule has 0 bridgehead atoms. The predicted molar refractivity (Wildman–Crippen MR) is 69.7 cm³/mol. The minimum atomic E-state index is 0.851. The molecule has 2 heterocycles. The Morgan fingerprint density at radius 3 is 2.76 bits per heavy atom. The third-order valence-corrected chi connectivity index (χ3v) is 3.38. The highest BCUT2D eigenvalue weighted by Gasteiger charge is 2.15. The van der Waals surface area contributed by atoms with Gasteiger partial charge in [0.05, 0.1) is 7.11 Å². The molecule has 0 saturated carbocycles. The molecule has 1 saturated heterocycles. The summed E-state index contributed by atoms with van der Waals surface area (Å²) < 4.78 is 5.36. The summed E-state index contributed by atoms with van der Waals surface area (Å²) in [6.07, 6.45) is 4.44. The van der Waals surface area contributed by atoms with Crippen LogP contribution in [0.25, 0.3) is 10.9 Å². The highest BCUT2D eigenvalue weighted by Crippen LogP contribution is 2.32. The van der Waals surface area contributed by atoms with E-state index in [0.29, 0.717) is 0 Å². The van der Waals surface area contributed by atoms with Crippen LogP contribution in [0.5, 0.6) is 5.75 Å². The number of rotatable bonds is 2. The lowest BCUT2D eigenvalue weighted by Crippen LogP contribution is -2.17. The van der Waals surface area contributed by atoms with Gasteiger partial charge in [0.25, 0.3) is 0 Å². The first-order chi connectivity index (χ1) is 8.40. The van der Waals surface area contributed by atoms with Crippen molar-refractivity contribution in [2.24, 2.45) is 0 Å². The van der Waals surface area contributed by atoms with Gasteiger partial charge in [-0.2, -0.15) is 0 Å². The van der Waals surface area contributed by atoms with Crippen LogP contribution < -0.4 is 9.64 Å². The van der Waals surface area contributed by atoms with Gasteiger partial charge >= 0.3 is 0 Å². The van der Waals surface area contributed by atoms with Gasteiger partial charge < -0.3 is 9.64 Å². The maximum Gasteiger partial charge on any atom is 0.145 e. The second-order valence-corrected chi connectivity index (χ2v) is 4.38. The number of ether oxygens (including phenoxy) is 1. The van der Waals surface area contributed by atoms with Gasteiger partial charge in [-0.3, -0.25) is 4.98 Å². The monoisotopic (exact) mass is 228 g/mol. The topological polar surface area (TPSA) is 25.4 Å². The molecule has 0 unspecified atom stereocenters. The minimum absolute atomic E-state index is 0.851. The molecule has 1 aromatic heterocycles. The molecule has 3 heteroatoms. The molecule has 0 aliphatic carbocycles. The number of fused-ring (bicyclic) bond motifs is 1. The lowest BCUT2D eigenvalue weighted by atomic mass is 10.1. The van der Waals surface area contributed by atoms with E-state index in [-0.39, 0.29) is 0 Å². The first-order valence-electron chi connectivity index (χ1n) is 6.07. The van der Waals surface area contributed by atoms with Gasteiger partial charge in [0.2, 0.25) is 0 Å². The van der Waals surface area contributed by atoms with Gasteiger partial charge in [0.1, 0.15) is 11.3 Å². The van der Waals surface area contributed by atoms with Gasteiger partial charge in [-0.05, 0) is 25.0 Å². The van der Waals surface area contributed by atoms with Crippen molar-refractivity contribution in [2.75, 3.05) is 25.1 Å². The fourth-order valence-corrected chi connectivity index (χ4v) is 2.53. The molecule has 3 rings (SSSR count). The highest BCUT2D eigenvalue weighted by molar-refractivity contribution is 5.95. The van der Waals surface area contributed by atoms with E-state index >= 15 is 0 Å². The van der Waals surface area contributed by atoms with Crippen LogP contribution in [0.4, 0.5) is 5.69 Å². The molecular weight excluding hydrogens is 212 g/mol. The van der Waals surface area contributed by atoms with Crippen LogP contribution in [-0.2, 0) is 0 Å². The maximum absolute atomic E-state index is 5.36.